The summed E-state index contributed by atoms with van der Waals surface area (Å²) >= 11 is 0. The number of esters is 1. The Labute approximate surface area is 250 Å². The van der Waals surface area contributed by atoms with Gasteiger partial charge in [-0.15, -0.1) is 0 Å². The van der Waals surface area contributed by atoms with Crippen LogP contribution in [0.1, 0.15) is 53.8 Å². The molecule has 2 unspecified atom stereocenters. The van der Waals surface area contributed by atoms with Gasteiger partial charge in [-0.3, -0.25) is 9.69 Å². The van der Waals surface area contributed by atoms with Crippen molar-refractivity contribution in [2.75, 3.05) is 62.2 Å². The molecule has 4 rings (SSSR count). The molecule has 0 aliphatic carbocycles. The molecular formula is C29H41F3N6O5. The molecule has 1 N–H and O–H groups in total. The molecule has 3 aliphatic rings. The highest BCUT2D eigenvalue weighted by atomic mass is 19.4. The predicted molar refractivity (Wildman–Crippen MR) is 152 cm³/mol. The molecule has 4 atom stereocenters. The zero-order valence-corrected chi connectivity index (χ0v) is 25.6. The number of rotatable bonds is 4. The van der Waals surface area contributed by atoms with Gasteiger partial charge in [-0.05, 0) is 27.7 Å². The Morgan fingerprint density at radius 1 is 1.07 bits per heavy atom. The van der Waals surface area contributed by atoms with Crippen LogP contribution in [0.25, 0.3) is 0 Å². The van der Waals surface area contributed by atoms with Gasteiger partial charge in [0.25, 0.3) is 0 Å². The quantitative estimate of drug-likeness (QED) is 0.404. The maximum absolute atomic E-state index is 13.9. The summed E-state index contributed by atoms with van der Waals surface area (Å²) in [6.45, 7) is 13.6. The minimum absolute atomic E-state index is 0.101. The van der Waals surface area contributed by atoms with Crippen LogP contribution in [0.15, 0.2) is 6.07 Å². The number of aromatic nitrogens is 2. The maximum Gasteiger partial charge on any atom is 0.451 e. The summed E-state index contributed by atoms with van der Waals surface area (Å²) < 4.78 is 51.9. The van der Waals surface area contributed by atoms with E-state index in [9.17, 15) is 27.9 Å². The molecule has 1 aromatic heterocycles. The van der Waals surface area contributed by atoms with Crippen LogP contribution in [0.4, 0.5) is 29.6 Å². The van der Waals surface area contributed by atoms with Gasteiger partial charge in [0.1, 0.15) is 22.8 Å². The van der Waals surface area contributed by atoms with Gasteiger partial charge < -0.3 is 29.3 Å². The molecule has 1 aromatic rings. The largest absolute Gasteiger partial charge is 0.453 e. The van der Waals surface area contributed by atoms with Crippen molar-refractivity contribution >= 4 is 23.7 Å². The average Bonchev–Trinajstić information content (AvgIpc) is 2.90. The monoisotopic (exact) mass is 610 g/mol. The lowest BCUT2D eigenvalue weighted by Gasteiger charge is -2.53. The summed E-state index contributed by atoms with van der Waals surface area (Å²) in [7, 11) is 0. The topological polar surface area (TPSA) is 112 Å². The smallest absolute Gasteiger partial charge is 0.451 e. The fraction of sp³-hybridized carbons (Fsp3) is 0.724. The highest BCUT2D eigenvalue weighted by Crippen LogP contribution is 2.36. The second-order valence-corrected chi connectivity index (χ2v) is 12.5. The van der Waals surface area contributed by atoms with E-state index in [1.807, 2.05) is 32.6 Å². The first-order valence-electron chi connectivity index (χ1n) is 14.5. The number of alkyl halides is 3. The van der Waals surface area contributed by atoms with Gasteiger partial charge in [0, 0.05) is 83.2 Å². The third-order valence-electron chi connectivity index (χ3n) is 8.16. The number of amides is 1. The Morgan fingerprint density at radius 3 is 2.28 bits per heavy atom. The van der Waals surface area contributed by atoms with Crippen LogP contribution in [0.5, 0.6) is 0 Å². The van der Waals surface area contributed by atoms with Crippen LogP contribution in [0.3, 0.4) is 0 Å². The number of piperazine rings is 1. The molecule has 3 saturated heterocycles. The predicted octanol–water partition coefficient (Wildman–Crippen LogP) is 2.77. The minimum atomic E-state index is -4.74. The van der Waals surface area contributed by atoms with E-state index in [1.165, 1.54) is 6.92 Å². The fourth-order valence-electron chi connectivity index (χ4n) is 5.58. The van der Waals surface area contributed by atoms with E-state index in [-0.39, 0.29) is 55.9 Å². The first kappa shape index (κ1) is 32.6. The molecule has 0 aromatic carbocycles. The molecule has 11 nitrogen and oxygen atoms in total. The third kappa shape index (κ3) is 7.80. The molecule has 43 heavy (non-hydrogen) atoms. The van der Waals surface area contributed by atoms with Crippen molar-refractivity contribution in [1.29, 1.82) is 0 Å². The van der Waals surface area contributed by atoms with Crippen LogP contribution in [-0.2, 0) is 20.4 Å². The lowest BCUT2D eigenvalue weighted by molar-refractivity contribution is -0.145. The molecule has 14 heteroatoms. The maximum atomic E-state index is 13.9. The van der Waals surface area contributed by atoms with E-state index < -0.39 is 35.1 Å². The van der Waals surface area contributed by atoms with Gasteiger partial charge in [-0.1, -0.05) is 18.8 Å². The van der Waals surface area contributed by atoms with Gasteiger partial charge in [0.05, 0.1) is 0 Å². The summed E-state index contributed by atoms with van der Waals surface area (Å²) in [5.41, 5.74) is -1.94. The van der Waals surface area contributed by atoms with Crippen molar-refractivity contribution in [2.24, 2.45) is 5.92 Å². The van der Waals surface area contributed by atoms with Crippen molar-refractivity contribution < 1.29 is 37.3 Å². The van der Waals surface area contributed by atoms with Gasteiger partial charge in [-0.25, -0.2) is 14.8 Å². The number of nitrogens with zero attached hydrogens (tertiary/aromatic N) is 6. The molecule has 0 spiro atoms. The molecule has 0 saturated carbocycles. The molecule has 4 heterocycles. The van der Waals surface area contributed by atoms with Crippen LogP contribution >= 0.6 is 0 Å². The standard InChI is InChI=1S/C29H41F3N6O5/c1-19-17-37(10-9-28(19,41)8-7-15-42-21(3)39)23-16-24(34-25(33-23)29(30,31)32)38-18-22(20(38)2)35-11-13-36(14-12-35)26(40)43-27(4,5)6/h16,19-20,22,41H,9-15,17-18H2,1-6H3/t19?,20-,22-,28?/m1/s1. The van der Waals surface area contributed by atoms with Crippen molar-refractivity contribution in [2.45, 2.75) is 77.4 Å². The van der Waals surface area contributed by atoms with Gasteiger partial charge in [-0.2, -0.15) is 13.2 Å². The van der Waals surface area contributed by atoms with Crippen LogP contribution in [0.2, 0.25) is 0 Å². The second kappa shape index (κ2) is 12.4. The van der Waals surface area contributed by atoms with E-state index >= 15 is 0 Å². The zero-order valence-electron chi connectivity index (χ0n) is 25.6. The molecule has 238 valence electrons. The van der Waals surface area contributed by atoms with Crippen molar-refractivity contribution in [3.63, 3.8) is 0 Å². The minimum Gasteiger partial charge on any atom is -0.453 e. The van der Waals surface area contributed by atoms with E-state index in [2.05, 4.69) is 26.7 Å². The van der Waals surface area contributed by atoms with Gasteiger partial charge in [0.15, 0.2) is 6.61 Å². The Hall–Kier alpha value is -3.31. The third-order valence-corrected chi connectivity index (χ3v) is 8.16. The van der Waals surface area contributed by atoms with Crippen LogP contribution in [0, 0.1) is 17.8 Å². The van der Waals surface area contributed by atoms with Gasteiger partial charge in [0.2, 0.25) is 5.82 Å². The number of ether oxygens (including phenoxy) is 2. The Balaban J connectivity index is 1.43. The molecule has 0 radical (unpaired) electrons. The summed E-state index contributed by atoms with van der Waals surface area (Å²) in [6, 6.07) is 1.57. The number of hydrogen-bond acceptors (Lipinski definition) is 10. The highest BCUT2D eigenvalue weighted by Gasteiger charge is 2.44. The summed E-state index contributed by atoms with van der Waals surface area (Å²) in [5.74, 6) is 3.66. The van der Waals surface area contributed by atoms with E-state index in [4.69, 9.17) is 9.47 Å². The lowest BCUT2D eigenvalue weighted by Crippen LogP contribution is -2.68. The molecular weight excluding hydrogens is 569 g/mol. The van der Waals surface area contributed by atoms with E-state index in [0.717, 1.165) is 0 Å². The Kier molecular flexibility index (Phi) is 9.37. The molecule has 3 fully saturated rings. The van der Waals surface area contributed by atoms with Crippen LogP contribution < -0.4 is 9.80 Å². The SMILES string of the molecule is CC(=O)OCC#CC1(O)CCN(c2cc(N3C[C@@H](N4CCN(C(=O)OC(C)(C)C)CC4)[C@H]3C)nc(C(F)(F)F)n2)CC1C. The summed E-state index contributed by atoms with van der Waals surface area (Å²) in [4.78, 5) is 38.6. The van der Waals surface area contributed by atoms with Crippen LogP contribution in [-0.4, -0.2) is 113 Å². The summed E-state index contributed by atoms with van der Waals surface area (Å²) in [5, 5.41) is 11.0. The number of piperidine rings is 1. The van der Waals surface area contributed by atoms with Crippen molar-refractivity contribution in [3.05, 3.63) is 11.9 Å². The van der Waals surface area contributed by atoms with Crippen molar-refractivity contribution in [1.82, 2.24) is 19.8 Å². The first-order chi connectivity index (χ1) is 20.0. The number of carbonyl (C=O) groups excluding carboxylic acids is 2. The molecule has 0 bridgehead atoms. The number of carbonyl (C=O) groups is 2. The summed E-state index contributed by atoms with van der Waals surface area (Å²) in [6.07, 6.45) is -4.90. The zero-order chi connectivity index (χ0) is 31.7. The second-order valence-electron chi connectivity index (χ2n) is 12.5. The van der Waals surface area contributed by atoms with E-state index in [1.54, 1.807) is 22.8 Å². The Bertz CT molecular complexity index is 1250. The molecule has 3 aliphatic heterocycles. The number of hydrogen-bond donors (Lipinski definition) is 1. The lowest BCUT2D eigenvalue weighted by atomic mass is 9.82. The number of anilines is 2. The highest BCUT2D eigenvalue weighted by molar-refractivity contribution is 5.68. The number of halogens is 3. The average molecular weight is 611 g/mol. The Morgan fingerprint density at radius 2 is 1.72 bits per heavy atom. The first-order valence-corrected chi connectivity index (χ1v) is 14.5. The van der Waals surface area contributed by atoms with Crippen molar-refractivity contribution in [3.8, 4) is 11.8 Å². The van der Waals surface area contributed by atoms with Gasteiger partial charge >= 0.3 is 18.2 Å². The number of aliphatic hydroxyl groups is 1. The fourth-order valence-corrected chi connectivity index (χ4v) is 5.58. The normalized spacial score (nSPS) is 26.7. The van der Waals surface area contributed by atoms with E-state index in [0.29, 0.717) is 32.7 Å². The molecule has 1 amide bonds.